The van der Waals surface area contributed by atoms with Crippen molar-refractivity contribution in [3.63, 3.8) is 0 Å². The van der Waals surface area contributed by atoms with E-state index < -0.39 is 0 Å². The first kappa shape index (κ1) is 15.0. The number of nitrogens with two attached hydrogens (primary N) is 1. The van der Waals surface area contributed by atoms with Crippen molar-refractivity contribution in [2.45, 2.75) is 32.2 Å². The van der Waals surface area contributed by atoms with Crippen molar-refractivity contribution >= 4 is 22.5 Å². The molecule has 110 valence electrons. The molecule has 0 saturated carbocycles. The highest BCUT2D eigenvalue weighted by Crippen LogP contribution is 2.29. The summed E-state index contributed by atoms with van der Waals surface area (Å²) in [4.78, 5) is 8.52. The molecule has 4 N–H and O–H groups in total. The standard InChI is InChI=1S/C15H19N5O/c1-2-4-10(6-8-21)19-13-11(9-16)15(17)20-12-5-3-7-18-14(12)13/h3,5,7,10,21H,2,4,6,8H2,1H3,(H3,17,19,20). The number of aliphatic hydroxyl groups is 1. The Kier molecular flexibility index (Phi) is 4.90. The molecule has 0 saturated heterocycles. The van der Waals surface area contributed by atoms with Crippen LogP contribution < -0.4 is 11.1 Å². The third-order valence-corrected chi connectivity index (χ3v) is 3.35. The van der Waals surface area contributed by atoms with E-state index in [0.717, 1.165) is 12.8 Å². The average molecular weight is 285 g/mol. The molecule has 0 spiro atoms. The average Bonchev–Trinajstić information content (AvgIpc) is 2.48. The number of aromatic nitrogens is 2. The topological polar surface area (TPSA) is 108 Å². The van der Waals surface area contributed by atoms with Gasteiger partial charge in [0.2, 0.25) is 0 Å². The van der Waals surface area contributed by atoms with E-state index in [4.69, 9.17) is 5.73 Å². The normalized spacial score (nSPS) is 12.0. The molecule has 0 fully saturated rings. The Hall–Kier alpha value is -2.39. The fraction of sp³-hybridized carbons (Fsp3) is 0.400. The summed E-state index contributed by atoms with van der Waals surface area (Å²) in [7, 11) is 0. The molecule has 2 aromatic heterocycles. The van der Waals surface area contributed by atoms with E-state index in [9.17, 15) is 10.4 Å². The van der Waals surface area contributed by atoms with E-state index in [0.29, 0.717) is 28.7 Å². The van der Waals surface area contributed by atoms with Crippen molar-refractivity contribution in [3.05, 3.63) is 23.9 Å². The first-order valence-corrected chi connectivity index (χ1v) is 7.03. The molecular formula is C15H19N5O. The quantitative estimate of drug-likeness (QED) is 0.749. The first-order chi connectivity index (χ1) is 10.2. The lowest BCUT2D eigenvalue weighted by Gasteiger charge is -2.20. The van der Waals surface area contributed by atoms with E-state index in [2.05, 4.69) is 28.3 Å². The summed E-state index contributed by atoms with van der Waals surface area (Å²) in [6.45, 7) is 2.17. The molecule has 2 heterocycles. The highest BCUT2D eigenvalue weighted by molar-refractivity contribution is 5.93. The van der Waals surface area contributed by atoms with Gasteiger partial charge in [0.25, 0.3) is 0 Å². The van der Waals surface area contributed by atoms with Crippen molar-refractivity contribution in [2.24, 2.45) is 0 Å². The summed E-state index contributed by atoms with van der Waals surface area (Å²) in [6, 6.07) is 5.75. The zero-order valence-corrected chi connectivity index (χ0v) is 12.0. The molecule has 0 radical (unpaired) electrons. The number of aliphatic hydroxyl groups excluding tert-OH is 1. The van der Waals surface area contributed by atoms with E-state index in [-0.39, 0.29) is 18.5 Å². The van der Waals surface area contributed by atoms with Gasteiger partial charge in [-0.1, -0.05) is 13.3 Å². The second kappa shape index (κ2) is 6.86. The lowest BCUT2D eigenvalue weighted by atomic mass is 10.1. The van der Waals surface area contributed by atoms with Crippen LogP contribution in [0.25, 0.3) is 11.0 Å². The monoisotopic (exact) mass is 285 g/mol. The third kappa shape index (κ3) is 3.20. The van der Waals surface area contributed by atoms with Gasteiger partial charge in [0, 0.05) is 18.8 Å². The number of nitriles is 1. The number of fused-ring (bicyclic) bond motifs is 1. The van der Waals surface area contributed by atoms with Crippen LogP contribution in [0.2, 0.25) is 0 Å². The number of rotatable bonds is 6. The molecule has 0 bridgehead atoms. The Balaban J connectivity index is 2.52. The first-order valence-electron chi connectivity index (χ1n) is 7.03. The zero-order chi connectivity index (χ0) is 15.2. The number of pyridine rings is 2. The summed E-state index contributed by atoms with van der Waals surface area (Å²) in [5.41, 5.74) is 8.06. The fourth-order valence-electron chi connectivity index (χ4n) is 2.36. The van der Waals surface area contributed by atoms with Crippen molar-refractivity contribution in [3.8, 4) is 6.07 Å². The molecule has 1 atom stereocenters. The molecule has 0 aromatic carbocycles. The molecule has 0 amide bonds. The number of anilines is 2. The molecular weight excluding hydrogens is 266 g/mol. The summed E-state index contributed by atoms with van der Waals surface area (Å²) >= 11 is 0. The van der Waals surface area contributed by atoms with Gasteiger partial charge in [-0.15, -0.1) is 0 Å². The molecule has 0 aliphatic carbocycles. The minimum Gasteiger partial charge on any atom is -0.396 e. The van der Waals surface area contributed by atoms with Gasteiger partial charge >= 0.3 is 0 Å². The van der Waals surface area contributed by atoms with Gasteiger partial charge in [0.05, 0.1) is 11.2 Å². The van der Waals surface area contributed by atoms with Crippen molar-refractivity contribution < 1.29 is 5.11 Å². The van der Waals surface area contributed by atoms with Gasteiger partial charge in [0.1, 0.15) is 23.0 Å². The highest BCUT2D eigenvalue weighted by atomic mass is 16.3. The SMILES string of the molecule is CCCC(CCO)Nc1c(C#N)c(N)nc2cccnc12. The predicted octanol–water partition coefficient (Wildman–Crippen LogP) is 2.05. The van der Waals surface area contributed by atoms with E-state index >= 15 is 0 Å². The molecule has 2 aromatic rings. The van der Waals surface area contributed by atoms with Crippen LogP contribution in [0.5, 0.6) is 0 Å². The molecule has 0 aliphatic heterocycles. The fourth-order valence-corrected chi connectivity index (χ4v) is 2.36. The van der Waals surface area contributed by atoms with Crippen LogP contribution in [0.3, 0.4) is 0 Å². The van der Waals surface area contributed by atoms with E-state index in [1.54, 1.807) is 12.3 Å². The number of nitrogens with zero attached hydrogens (tertiary/aromatic N) is 3. The molecule has 2 rings (SSSR count). The van der Waals surface area contributed by atoms with Gasteiger partial charge in [-0.3, -0.25) is 4.98 Å². The Morgan fingerprint density at radius 3 is 2.95 bits per heavy atom. The lowest BCUT2D eigenvalue weighted by Crippen LogP contribution is -2.22. The van der Waals surface area contributed by atoms with Gasteiger partial charge in [-0.05, 0) is 25.0 Å². The maximum Gasteiger partial charge on any atom is 0.144 e. The second-order valence-corrected chi connectivity index (χ2v) is 4.87. The van der Waals surface area contributed by atoms with E-state index in [1.807, 2.05) is 6.07 Å². The lowest BCUT2D eigenvalue weighted by molar-refractivity contribution is 0.276. The van der Waals surface area contributed by atoms with Gasteiger partial charge < -0.3 is 16.2 Å². The summed E-state index contributed by atoms with van der Waals surface area (Å²) < 4.78 is 0. The predicted molar refractivity (Wildman–Crippen MR) is 82.7 cm³/mol. The van der Waals surface area contributed by atoms with Crippen molar-refractivity contribution in [1.82, 2.24) is 9.97 Å². The second-order valence-electron chi connectivity index (χ2n) is 4.87. The Labute approximate surface area is 123 Å². The maximum absolute atomic E-state index is 9.34. The van der Waals surface area contributed by atoms with Gasteiger partial charge in [-0.25, -0.2) is 4.98 Å². The number of nitrogen functional groups attached to an aromatic ring is 1. The smallest absolute Gasteiger partial charge is 0.144 e. The van der Waals surface area contributed by atoms with Crippen LogP contribution in [0, 0.1) is 11.3 Å². The van der Waals surface area contributed by atoms with Crippen LogP contribution in [0.15, 0.2) is 18.3 Å². The van der Waals surface area contributed by atoms with Crippen molar-refractivity contribution in [1.29, 1.82) is 5.26 Å². The highest BCUT2D eigenvalue weighted by Gasteiger charge is 2.17. The Bertz CT molecular complexity index is 659. The van der Waals surface area contributed by atoms with Gasteiger partial charge in [-0.2, -0.15) is 5.26 Å². The largest absolute Gasteiger partial charge is 0.396 e. The molecule has 21 heavy (non-hydrogen) atoms. The Morgan fingerprint density at radius 2 is 2.29 bits per heavy atom. The summed E-state index contributed by atoms with van der Waals surface area (Å²) in [6.07, 6.45) is 4.14. The third-order valence-electron chi connectivity index (χ3n) is 3.35. The molecule has 6 heteroatoms. The minimum absolute atomic E-state index is 0.0686. The van der Waals surface area contributed by atoms with Crippen LogP contribution in [0.1, 0.15) is 31.7 Å². The van der Waals surface area contributed by atoms with Crippen LogP contribution >= 0.6 is 0 Å². The number of hydrogen-bond donors (Lipinski definition) is 3. The zero-order valence-electron chi connectivity index (χ0n) is 12.0. The molecule has 0 aliphatic rings. The molecule has 1 unspecified atom stereocenters. The minimum atomic E-state index is 0.0686. The molecule has 6 nitrogen and oxygen atoms in total. The summed E-state index contributed by atoms with van der Waals surface area (Å²) in [5.74, 6) is 0.194. The van der Waals surface area contributed by atoms with Crippen LogP contribution in [-0.2, 0) is 0 Å². The number of nitrogens with one attached hydrogen (secondary N) is 1. The maximum atomic E-state index is 9.34. The van der Waals surface area contributed by atoms with Gasteiger partial charge in [0.15, 0.2) is 0 Å². The number of hydrogen-bond acceptors (Lipinski definition) is 6. The summed E-state index contributed by atoms with van der Waals surface area (Å²) in [5, 5.41) is 21.8. The Morgan fingerprint density at radius 1 is 1.48 bits per heavy atom. The van der Waals surface area contributed by atoms with Crippen LogP contribution in [-0.4, -0.2) is 27.7 Å². The van der Waals surface area contributed by atoms with Crippen LogP contribution in [0.4, 0.5) is 11.5 Å². The van der Waals surface area contributed by atoms with E-state index in [1.165, 1.54) is 0 Å². The van der Waals surface area contributed by atoms with Crippen molar-refractivity contribution in [2.75, 3.05) is 17.7 Å².